The molecule has 35 heavy (non-hydrogen) atoms. The maximum Gasteiger partial charge on any atom is 0.319 e. The predicted molar refractivity (Wildman–Crippen MR) is 131 cm³/mol. The molecule has 3 aromatic rings. The number of hydrogen-bond acceptors (Lipinski definition) is 7. The van der Waals surface area contributed by atoms with Crippen molar-refractivity contribution in [3.63, 3.8) is 0 Å². The van der Waals surface area contributed by atoms with Gasteiger partial charge in [0.05, 0.1) is 39.2 Å². The Labute approximate surface area is 204 Å². The second kappa shape index (κ2) is 11.7. The molecule has 1 aliphatic rings. The van der Waals surface area contributed by atoms with Crippen molar-refractivity contribution in [2.75, 3.05) is 26.1 Å². The van der Waals surface area contributed by atoms with Crippen LogP contribution in [0.25, 0.3) is 11.3 Å². The number of ether oxygens (including phenoxy) is 3. The zero-order chi connectivity index (χ0) is 24.6. The third kappa shape index (κ3) is 6.49. The molecule has 10 nitrogen and oxygen atoms in total. The van der Waals surface area contributed by atoms with Crippen LogP contribution < -0.4 is 20.1 Å². The van der Waals surface area contributed by atoms with E-state index >= 15 is 0 Å². The Hall–Kier alpha value is -3.63. The number of carbonyl (C=O) groups excluding carboxylic acids is 1. The van der Waals surface area contributed by atoms with Crippen LogP contribution in [0, 0.1) is 0 Å². The maximum atomic E-state index is 12.4. The van der Waals surface area contributed by atoms with Crippen LogP contribution in [0.1, 0.15) is 19.3 Å². The molecule has 4 rings (SSSR count). The fourth-order valence-electron chi connectivity index (χ4n) is 4.10. The molecule has 2 heterocycles. The van der Waals surface area contributed by atoms with Crippen LogP contribution in [0.4, 0.5) is 10.5 Å². The lowest BCUT2D eigenvalue weighted by atomic mass is 9.97. The van der Waals surface area contributed by atoms with Gasteiger partial charge in [0.15, 0.2) is 0 Å². The van der Waals surface area contributed by atoms with E-state index < -0.39 is 6.10 Å². The number of aliphatic hydroxyl groups excluding tert-OH is 1. The van der Waals surface area contributed by atoms with Crippen LogP contribution in [0.3, 0.4) is 0 Å². The van der Waals surface area contributed by atoms with Crippen LogP contribution in [0.5, 0.6) is 11.5 Å². The van der Waals surface area contributed by atoms with Gasteiger partial charge < -0.3 is 30.0 Å². The molecule has 0 bridgehead atoms. The molecule has 1 aliphatic heterocycles. The van der Waals surface area contributed by atoms with E-state index in [0.717, 1.165) is 29.8 Å². The number of rotatable bonds is 9. The van der Waals surface area contributed by atoms with Crippen molar-refractivity contribution < 1.29 is 24.1 Å². The number of anilines is 1. The van der Waals surface area contributed by atoms with Crippen molar-refractivity contribution in [1.29, 1.82) is 0 Å². The number of aliphatic hydroxyl groups is 1. The molecule has 0 unspecified atom stereocenters. The van der Waals surface area contributed by atoms with Crippen molar-refractivity contribution in [2.24, 2.45) is 0 Å². The van der Waals surface area contributed by atoms with Crippen molar-refractivity contribution in [3.8, 4) is 22.8 Å². The van der Waals surface area contributed by atoms with Crippen molar-refractivity contribution in [2.45, 2.75) is 44.1 Å². The quantitative estimate of drug-likeness (QED) is 0.430. The topological polar surface area (TPSA) is 120 Å². The Morgan fingerprint density at radius 2 is 1.77 bits per heavy atom. The number of benzene rings is 2. The van der Waals surface area contributed by atoms with Gasteiger partial charge in [-0.1, -0.05) is 5.21 Å². The van der Waals surface area contributed by atoms with Crippen LogP contribution in [0.2, 0.25) is 0 Å². The van der Waals surface area contributed by atoms with Gasteiger partial charge >= 0.3 is 6.03 Å². The van der Waals surface area contributed by atoms with E-state index in [1.165, 1.54) is 0 Å². The van der Waals surface area contributed by atoms with Gasteiger partial charge in [-0.15, -0.1) is 5.10 Å². The molecule has 1 saturated heterocycles. The van der Waals surface area contributed by atoms with Gasteiger partial charge in [-0.3, -0.25) is 4.68 Å². The molecule has 0 radical (unpaired) electrons. The molecule has 186 valence electrons. The summed E-state index contributed by atoms with van der Waals surface area (Å²) in [5, 5.41) is 24.0. The number of nitrogens with one attached hydrogen (secondary N) is 2. The number of nitrogens with zero attached hydrogens (tertiary/aromatic N) is 3. The second-order valence-corrected chi connectivity index (χ2v) is 8.37. The summed E-state index contributed by atoms with van der Waals surface area (Å²) in [7, 11) is 3.22. The molecule has 10 heteroatoms. The first kappa shape index (κ1) is 24.5. The largest absolute Gasteiger partial charge is 0.497 e. The Kier molecular flexibility index (Phi) is 8.17. The van der Waals surface area contributed by atoms with E-state index in [9.17, 15) is 9.90 Å². The number of aryl methyl sites for hydroxylation is 1. The number of carbonyl (C=O) groups is 1. The molecule has 2 aromatic carbocycles. The van der Waals surface area contributed by atoms with Gasteiger partial charge in [-0.2, -0.15) is 0 Å². The second-order valence-electron chi connectivity index (χ2n) is 8.37. The van der Waals surface area contributed by atoms with Crippen molar-refractivity contribution in [1.82, 2.24) is 20.3 Å². The van der Waals surface area contributed by atoms with Crippen LogP contribution in [-0.4, -0.2) is 65.2 Å². The van der Waals surface area contributed by atoms with E-state index in [0.29, 0.717) is 24.4 Å². The summed E-state index contributed by atoms with van der Waals surface area (Å²) in [5.41, 5.74) is 2.41. The maximum absolute atomic E-state index is 12.4. The standard InChI is InChI=1S/C25H31N5O5/c1-33-19-7-3-17(4-8-19)23-15-30(29-28-23)14-13-21-11-12-22(24(16-31)35-21)27-25(32)26-18-5-9-20(34-2)10-6-18/h3-10,15,21-22,24,31H,11-14,16H2,1-2H3,(H2,26,27,32)/t21-,22-,24+/m1/s1. The highest BCUT2D eigenvalue weighted by molar-refractivity contribution is 5.89. The molecule has 3 atom stereocenters. The minimum atomic E-state index is -0.471. The number of methoxy groups -OCH3 is 2. The number of urea groups is 1. The summed E-state index contributed by atoms with van der Waals surface area (Å²) in [6, 6.07) is 14.1. The van der Waals surface area contributed by atoms with Gasteiger partial charge in [0.1, 0.15) is 23.3 Å². The number of amides is 2. The Morgan fingerprint density at radius 1 is 1.09 bits per heavy atom. The Balaban J connectivity index is 1.25. The van der Waals surface area contributed by atoms with Gasteiger partial charge in [-0.05, 0) is 67.8 Å². The Morgan fingerprint density at radius 3 is 2.43 bits per heavy atom. The summed E-state index contributed by atoms with van der Waals surface area (Å²) < 4.78 is 18.2. The van der Waals surface area contributed by atoms with E-state index in [1.54, 1.807) is 43.2 Å². The molecule has 2 amide bonds. The minimum absolute atomic E-state index is 0.0384. The smallest absolute Gasteiger partial charge is 0.319 e. The summed E-state index contributed by atoms with van der Waals surface area (Å²) in [4.78, 5) is 12.4. The molecule has 3 N–H and O–H groups in total. The molecular weight excluding hydrogens is 450 g/mol. The molecular formula is C25H31N5O5. The minimum Gasteiger partial charge on any atom is -0.497 e. The first-order valence-electron chi connectivity index (χ1n) is 11.6. The lowest BCUT2D eigenvalue weighted by molar-refractivity contribution is -0.0905. The highest BCUT2D eigenvalue weighted by Crippen LogP contribution is 2.24. The van der Waals surface area contributed by atoms with Crippen molar-refractivity contribution in [3.05, 3.63) is 54.7 Å². The van der Waals surface area contributed by atoms with Gasteiger partial charge in [0, 0.05) is 17.8 Å². The fourth-order valence-corrected chi connectivity index (χ4v) is 4.10. The first-order chi connectivity index (χ1) is 17.1. The third-order valence-corrected chi connectivity index (χ3v) is 6.06. The molecule has 0 saturated carbocycles. The summed E-state index contributed by atoms with van der Waals surface area (Å²) in [6.07, 6.45) is 3.60. The van der Waals surface area contributed by atoms with E-state index in [4.69, 9.17) is 14.2 Å². The van der Waals surface area contributed by atoms with Gasteiger partial charge in [0.2, 0.25) is 0 Å². The molecule has 1 fully saturated rings. The van der Waals surface area contributed by atoms with Gasteiger partial charge in [-0.25, -0.2) is 4.79 Å². The highest BCUT2D eigenvalue weighted by Gasteiger charge is 2.31. The van der Waals surface area contributed by atoms with Crippen molar-refractivity contribution >= 4 is 11.7 Å². The average molecular weight is 482 g/mol. The van der Waals surface area contributed by atoms with Crippen LogP contribution >= 0.6 is 0 Å². The van der Waals surface area contributed by atoms with E-state index in [1.807, 2.05) is 30.5 Å². The van der Waals surface area contributed by atoms with Gasteiger partial charge in [0.25, 0.3) is 0 Å². The summed E-state index contributed by atoms with van der Waals surface area (Å²) >= 11 is 0. The lowest BCUT2D eigenvalue weighted by Gasteiger charge is -2.36. The SMILES string of the molecule is COc1ccc(NC(=O)N[C@@H]2CC[C@H](CCn3cc(-c4ccc(OC)cc4)nn3)O[C@H]2CO)cc1. The van der Waals surface area contributed by atoms with Crippen LogP contribution in [-0.2, 0) is 11.3 Å². The zero-order valence-corrected chi connectivity index (χ0v) is 19.9. The van der Waals surface area contributed by atoms with Crippen LogP contribution in [0.15, 0.2) is 54.7 Å². The summed E-state index contributed by atoms with van der Waals surface area (Å²) in [5.74, 6) is 1.51. The first-order valence-corrected chi connectivity index (χ1v) is 11.6. The Bertz CT molecular complexity index is 1090. The molecule has 0 spiro atoms. The third-order valence-electron chi connectivity index (χ3n) is 6.06. The normalized spacial score (nSPS) is 19.7. The number of aromatic nitrogens is 3. The van der Waals surface area contributed by atoms with E-state index in [-0.39, 0.29) is 24.8 Å². The molecule has 1 aromatic heterocycles. The monoisotopic (exact) mass is 481 g/mol. The highest BCUT2D eigenvalue weighted by atomic mass is 16.5. The fraction of sp³-hybridized carbons (Fsp3) is 0.400. The average Bonchev–Trinajstić information content (AvgIpc) is 3.37. The summed E-state index contributed by atoms with van der Waals surface area (Å²) in [6.45, 7) is 0.469. The predicted octanol–water partition coefficient (Wildman–Crippen LogP) is 3.08. The molecule has 0 aliphatic carbocycles. The lowest BCUT2D eigenvalue weighted by Crippen LogP contribution is -2.52. The van der Waals surface area contributed by atoms with E-state index in [2.05, 4.69) is 20.9 Å². The zero-order valence-electron chi connectivity index (χ0n) is 19.9. The number of hydrogen-bond donors (Lipinski definition) is 3.